The van der Waals surface area contributed by atoms with Crippen LogP contribution in [0, 0.1) is 9.49 Å². The van der Waals surface area contributed by atoms with Crippen molar-refractivity contribution in [3.05, 3.63) is 33.4 Å². The molecule has 2 saturated heterocycles. The fourth-order valence-electron chi connectivity index (χ4n) is 4.41. The van der Waals surface area contributed by atoms with Crippen LogP contribution in [0.3, 0.4) is 0 Å². The standard InChI is InChI=1S/C18H23FINO2/c1-23-18(22)17-15(12-3-5-13(20)6-4-12)11-14-7-8-16(17)21(14)10-2-9-19/h3-6,14-17H,2,7-11H2,1H3/t14-,15+,16+,17-/m0/s1/i19-1. The minimum Gasteiger partial charge on any atom is -0.469 e. The average Bonchev–Trinajstić information content (AvgIpc) is 2.84. The Bertz CT molecular complexity index is 550. The molecule has 23 heavy (non-hydrogen) atoms. The van der Waals surface area contributed by atoms with E-state index in [-0.39, 0.29) is 30.5 Å². The van der Waals surface area contributed by atoms with Crippen LogP contribution in [0.15, 0.2) is 24.3 Å². The summed E-state index contributed by atoms with van der Waals surface area (Å²) in [6.07, 6.45) is 3.63. The van der Waals surface area contributed by atoms with Gasteiger partial charge in [-0.05, 0) is 66.0 Å². The molecule has 2 bridgehead atoms. The normalized spacial score (nSPS) is 30.4. The van der Waals surface area contributed by atoms with Crippen LogP contribution in [0.25, 0.3) is 0 Å². The molecule has 0 radical (unpaired) electrons. The second-order valence-corrected chi connectivity index (χ2v) is 7.77. The minimum atomic E-state index is -0.292. The second kappa shape index (κ2) is 7.47. The van der Waals surface area contributed by atoms with Crippen molar-refractivity contribution in [3.8, 4) is 0 Å². The van der Waals surface area contributed by atoms with Crippen molar-refractivity contribution in [1.29, 1.82) is 0 Å². The average molecular weight is 430 g/mol. The number of carbonyl (C=O) groups is 1. The third-order valence-electron chi connectivity index (χ3n) is 5.39. The number of methoxy groups -OCH3 is 1. The molecule has 3 nitrogen and oxygen atoms in total. The molecule has 2 aliphatic rings. The molecule has 4 atom stereocenters. The van der Waals surface area contributed by atoms with E-state index in [1.165, 1.54) is 16.2 Å². The predicted molar refractivity (Wildman–Crippen MR) is 96.1 cm³/mol. The molecule has 2 heterocycles. The predicted octanol–water partition coefficient (Wildman–Crippen LogP) is 3.76. The summed E-state index contributed by atoms with van der Waals surface area (Å²) < 4.78 is 18.9. The zero-order valence-electron chi connectivity index (χ0n) is 13.4. The van der Waals surface area contributed by atoms with Gasteiger partial charge in [0.2, 0.25) is 0 Å². The van der Waals surface area contributed by atoms with Gasteiger partial charge in [-0.1, -0.05) is 12.1 Å². The summed E-state index contributed by atoms with van der Waals surface area (Å²) in [5.41, 5.74) is 1.22. The smallest absolute Gasteiger partial charge is 0.310 e. The minimum absolute atomic E-state index is 0.121. The number of ether oxygens (including phenoxy) is 1. The lowest BCUT2D eigenvalue weighted by molar-refractivity contribution is -0.150. The summed E-state index contributed by atoms with van der Waals surface area (Å²) in [7, 11) is 1.47. The Labute approximate surface area is 150 Å². The van der Waals surface area contributed by atoms with Gasteiger partial charge in [-0.15, -0.1) is 0 Å². The Kier molecular flexibility index (Phi) is 5.57. The molecule has 0 N–H and O–H groups in total. The fraction of sp³-hybridized carbons (Fsp3) is 0.611. The van der Waals surface area contributed by atoms with Crippen LogP contribution in [0.1, 0.15) is 37.2 Å². The number of halogens is 2. The van der Waals surface area contributed by atoms with Gasteiger partial charge in [0, 0.05) is 28.1 Å². The molecule has 2 aliphatic heterocycles. The van der Waals surface area contributed by atoms with Crippen LogP contribution in [0.2, 0.25) is 0 Å². The van der Waals surface area contributed by atoms with Gasteiger partial charge in [0.05, 0.1) is 19.7 Å². The Morgan fingerprint density at radius 1 is 1.35 bits per heavy atom. The van der Waals surface area contributed by atoms with E-state index in [0.29, 0.717) is 12.5 Å². The highest BCUT2D eigenvalue weighted by Crippen LogP contribution is 2.47. The maximum absolute atomic E-state index is 12.6. The van der Waals surface area contributed by atoms with Crippen molar-refractivity contribution in [2.24, 2.45) is 5.92 Å². The highest BCUT2D eigenvalue weighted by molar-refractivity contribution is 14.1. The molecule has 126 valence electrons. The lowest BCUT2D eigenvalue weighted by Crippen LogP contribution is -2.51. The Hall–Kier alpha value is -0.690. The third-order valence-corrected chi connectivity index (χ3v) is 6.11. The maximum atomic E-state index is 12.6. The molecule has 1 aromatic carbocycles. The largest absolute Gasteiger partial charge is 0.469 e. The third kappa shape index (κ3) is 3.40. The monoisotopic (exact) mass is 430 g/mol. The molecular weight excluding hydrogens is 407 g/mol. The van der Waals surface area contributed by atoms with Crippen molar-refractivity contribution in [1.82, 2.24) is 4.90 Å². The van der Waals surface area contributed by atoms with Crippen molar-refractivity contribution >= 4 is 28.6 Å². The molecule has 0 spiro atoms. The number of hydrogen-bond acceptors (Lipinski definition) is 3. The van der Waals surface area contributed by atoms with E-state index in [9.17, 15) is 9.18 Å². The number of piperidine rings is 1. The van der Waals surface area contributed by atoms with Gasteiger partial charge in [-0.3, -0.25) is 14.1 Å². The number of hydrogen-bond donors (Lipinski definition) is 0. The van der Waals surface area contributed by atoms with Crippen LogP contribution < -0.4 is 0 Å². The van der Waals surface area contributed by atoms with E-state index in [0.717, 1.165) is 25.8 Å². The molecule has 0 saturated carbocycles. The van der Waals surface area contributed by atoms with Gasteiger partial charge in [-0.2, -0.15) is 0 Å². The van der Waals surface area contributed by atoms with Crippen LogP contribution >= 0.6 is 22.6 Å². The lowest BCUT2D eigenvalue weighted by atomic mass is 9.76. The van der Waals surface area contributed by atoms with Crippen molar-refractivity contribution in [3.63, 3.8) is 0 Å². The Balaban J connectivity index is 1.88. The molecule has 1 aromatic rings. The zero-order valence-corrected chi connectivity index (χ0v) is 15.5. The van der Waals surface area contributed by atoms with E-state index in [4.69, 9.17) is 4.74 Å². The van der Waals surface area contributed by atoms with E-state index in [2.05, 4.69) is 51.8 Å². The molecule has 0 aromatic heterocycles. The van der Waals surface area contributed by atoms with Gasteiger partial charge in [0.1, 0.15) is 0 Å². The molecule has 0 amide bonds. The number of fused-ring (bicyclic) bond motifs is 2. The van der Waals surface area contributed by atoms with Crippen LogP contribution in [-0.2, 0) is 9.53 Å². The van der Waals surface area contributed by atoms with Crippen molar-refractivity contribution in [2.75, 3.05) is 20.3 Å². The number of benzene rings is 1. The van der Waals surface area contributed by atoms with Gasteiger partial charge in [-0.25, -0.2) is 0 Å². The first-order valence-corrected chi connectivity index (χ1v) is 9.38. The molecule has 3 rings (SSSR count). The topological polar surface area (TPSA) is 29.5 Å². The quantitative estimate of drug-likeness (QED) is 0.527. The van der Waals surface area contributed by atoms with E-state index >= 15 is 0 Å². The van der Waals surface area contributed by atoms with Gasteiger partial charge >= 0.3 is 5.97 Å². The fourth-order valence-corrected chi connectivity index (χ4v) is 4.77. The van der Waals surface area contributed by atoms with E-state index in [1.807, 2.05) is 0 Å². The zero-order chi connectivity index (χ0) is 16.4. The molecular formula is C18H23FINO2. The second-order valence-electron chi connectivity index (χ2n) is 6.52. The maximum Gasteiger partial charge on any atom is 0.310 e. The van der Waals surface area contributed by atoms with Crippen LogP contribution in [0.5, 0.6) is 0 Å². The van der Waals surface area contributed by atoms with Crippen LogP contribution in [-0.4, -0.2) is 43.3 Å². The van der Waals surface area contributed by atoms with Crippen molar-refractivity contribution in [2.45, 2.75) is 43.7 Å². The summed E-state index contributed by atoms with van der Waals surface area (Å²) in [5.74, 6) is -0.0545. The molecule has 5 heteroatoms. The SMILES string of the molecule is COC(=O)[C@H]1[C@@H](c2ccc(I)cc2)C[C@@H]2CC[C@H]1N2CCC[18F]. The number of alkyl halides is 1. The van der Waals surface area contributed by atoms with E-state index < -0.39 is 0 Å². The molecule has 0 unspecified atom stereocenters. The first kappa shape index (κ1) is 17.1. The van der Waals surface area contributed by atoms with Gasteiger partial charge < -0.3 is 4.74 Å². The Morgan fingerprint density at radius 3 is 2.74 bits per heavy atom. The summed E-state index contributed by atoms with van der Waals surface area (Å²) in [6.45, 7) is 0.456. The summed E-state index contributed by atoms with van der Waals surface area (Å²) in [4.78, 5) is 14.9. The molecule has 2 fully saturated rings. The number of carbonyl (C=O) groups excluding carboxylic acids is 1. The van der Waals surface area contributed by atoms with Crippen molar-refractivity contribution < 1.29 is 13.9 Å². The summed E-state index contributed by atoms with van der Waals surface area (Å²) in [6, 6.07) is 9.13. The number of rotatable bonds is 5. The van der Waals surface area contributed by atoms with E-state index in [1.54, 1.807) is 0 Å². The highest BCUT2D eigenvalue weighted by atomic mass is 127. The number of esters is 1. The van der Waals surface area contributed by atoms with Gasteiger partial charge in [0.25, 0.3) is 0 Å². The summed E-state index contributed by atoms with van der Waals surface area (Å²) in [5, 5.41) is 0. The molecule has 0 aliphatic carbocycles. The first-order chi connectivity index (χ1) is 11.2. The van der Waals surface area contributed by atoms with Crippen LogP contribution in [0.4, 0.5) is 4.39 Å². The summed E-state index contributed by atoms with van der Waals surface area (Å²) >= 11 is 2.30. The first-order valence-electron chi connectivity index (χ1n) is 8.30. The van der Waals surface area contributed by atoms with Gasteiger partial charge in [0.15, 0.2) is 0 Å². The number of nitrogens with zero attached hydrogens (tertiary/aromatic N) is 1. The Morgan fingerprint density at radius 2 is 2.09 bits per heavy atom. The highest BCUT2D eigenvalue weighted by Gasteiger charge is 2.50. The lowest BCUT2D eigenvalue weighted by Gasteiger charge is -2.43.